The number of aryl methyl sites for hydroxylation is 1. The van der Waals surface area contributed by atoms with Gasteiger partial charge in [0.15, 0.2) is 6.61 Å². The van der Waals surface area contributed by atoms with Crippen molar-refractivity contribution in [2.75, 3.05) is 19.0 Å². The molecule has 0 unspecified atom stereocenters. The van der Waals surface area contributed by atoms with Crippen molar-refractivity contribution in [2.45, 2.75) is 33.8 Å². The number of nitrogens with zero attached hydrogens (tertiary/aromatic N) is 1. The minimum absolute atomic E-state index is 0.0516. The van der Waals surface area contributed by atoms with Crippen molar-refractivity contribution in [1.29, 1.82) is 0 Å². The zero-order chi connectivity index (χ0) is 23.7. The first-order valence-electron chi connectivity index (χ1n) is 9.84. The number of hydrogen-bond acceptors (Lipinski definition) is 7. The molecular weight excluding hydrogens is 418 g/mol. The first-order chi connectivity index (χ1) is 15.0. The van der Waals surface area contributed by atoms with Gasteiger partial charge in [-0.1, -0.05) is 0 Å². The second-order valence-corrected chi connectivity index (χ2v) is 7.63. The molecule has 0 atom stereocenters. The number of amides is 3. The number of carbonyl (C=O) groups excluding carboxylic acids is 5. The highest BCUT2D eigenvalue weighted by Gasteiger charge is 2.33. The molecule has 0 saturated heterocycles. The molecule has 1 aromatic heterocycles. The van der Waals surface area contributed by atoms with Gasteiger partial charge in [-0.05, 0) is 51.5 Å². The zero-order valence-corrected chi connectivity index (χ0v) is 18.3. The van der Waals surface area contributed by atoms with Crippen LogP contribution in [0.5, 0.6) is 0 Å². The second kappa shape index (κ2) is 8.66. The highest BCUT2D eigenvalue weighted by atomic mass is 16.5. The normalized spacial score (nSPS) is 12.8. The monoisotopic (exact) mass is 441 g/mol. The minimum Gasteiger partial charge on any atom is -0.459 e. The number of fused-ring (bicyclic) bond motifs is 1. The van der Waals surface area contributed by atoms with E-state index in [1.54, 1.807) is 27.7 Å². The quantitative estimate of drug-likeness (QED) is 0.518. The summed E-state index contributed by atoms with van der Waals surface area (Å²) in [7, 11) is 1.38. The molecule has 1 aliphatic rings. The largest absolute Gasteiger partial charge is 0.459 e. The predicted octanol–water partition coefficient (Wildman–Crippen LogP) is 2.22. The van der Waals surface area contributed by atoms with Gasteiger partial charge in [0, 0.05) is 18.4 Å². The van der Waals surface area contributed by atoms with Gasteiger partial charge in [0.2, 0.25) is 0 Å². The maximum absolute atomic E-state index is 12.4. The molecule has 1 aromatic carbocycles. The molecule has 10 nitrogen and oxygen atoms in total. The summed E-state index contributed by atoms with van der Waals surface area (Å²) >= 11 is 0. The van der Waals surface area contributed by atoms with Crippen molar-refractivity contribution in [3.05, 3.63) is 51.8 Å². The van der Waals surface area contributed by atoms with Crippen LogP contribution in [0.15, 0.2) is 18.2 Å². The molecule has 2 N–H and O–H groups in total. The van der Waals surface area contributed by atoms with Crippen LogP contribution in [0.25, 0.3) is 0 Å². The average molecular weight is 441 g/mol. The molecule has 32 heavy (non-hydrogen) atoms. The molecule has 3 amide bonds. The van der Waals surface area contributed by atoms with Crippen LogP contribution < -0.4 is 5.32 Å². The Labute approximate surface area is 183 Å². The molecule has 0 aliphatic carbocycles. The van der Waals surface area contributed by atoms with Crippen molar-refractivity contribution >= 4 is 35.3 Å². The summed E-state index contributed by atoms with van der Waals surface area (Å²) in [4.78, 5) is 64.7. The molecule has 0 spiro atoms. The maximum atomic E-state index is 12.4. The number of imide groups is 1. The molecular formula is C22H23N3O7. The number of rotatable bonds is 6. The second-order valence-electron chi connectivity index (χ2n) is 7.63. The summed E-state index contributed by atoms with van der Waals surface area (Å²) in [6.07, 6.45) is -0.316. The lowest BCUT2D eigenvalue weighted by atomic mass is 10.1. The minimum atomic E-state index is -0.805. The molecule has 1 aliphatic heterocycles. The van der Waals surface area contributed by atoms with E-state index in [0.29, 0.717) is 11.3 Å². The summed E-state index contributed by atoms with van der Waals surface area (Å²) in [5, 5.41) is 2.52. The van der Waals surface area contributed by atoms with Crippen molar-refractivity contribution in [1.82, 2.24) is 9.88 Å². The van der Waals surface area contributed by atoms with Gasteiger partial charge >= 0.3 is 11.9 Å². The third-order valence-corrected chi connectivity index (χ3v) is 4.90. The van der Waals surface area contributed by atoms with Gasteiger partial charge in [0.1, 0.15) is 5.69 Å². The first kappa shape index (κ1) is 22.7. The van der Waals surface area contributed by atoms with E-state index in [1.807, 2.05) is 0 Å². The van der Waals surface area contributed by atoms with Crippen LogP contribution in [-0.2, 0) is 14.3 Å². The number of aromatic nitrogens is 1. The summed E-state index contributed by atoms with van der Waals surface area (Å²) in [6.45, 7) is 6.06. The fraction of sp³-hybridized carbons (Fsp3) is 0.318. The average Bonchev–Trinajstić information content (AvgIpc) is 3.13. The van der Waals surface area contributed by atoms with Crippen LogP contribution in [-0.4, -0.2) is 59.3 Å². The number of esters is 2. The Balaban J connectivity index is 1.64. The highest BCUT2D eigenvalue weighted by molar-refractivity contribution is 6.21. The molecule has 168 valence electrons. The maximum Gasteiger partial charge on any atom is 0.355 e. The molecule has 0 fully saturated rings. The number of carbonyl (C=O) groups is 5. The van der Waals surface area contributed by atoms with Gasteiger partial charge in [-0.3, -0.25) is 19.3 Å². The number of nitrogens with one attached hydrogen (secondary N) is 2. The molecule has 10 heteroatoms. The van der Waals surface area contributed by atoms with E-state index in [0.717, 1.165) is 4.90 Å². The van der Waals surface area contributed by atoms with E-state index < -0.39 is 36.3 Å². The van der Waals surface area contributed by atoms with Crippen molar-refractivity contribution in [3.63, 3.8) is 0 Å². The van der Waals surface area contributed by atoms with Gasteiger partial charge in [-0.25, -0.2) is 9.59 Å². The van der Waals surface area contributed by atoms with Gasteiger partial charge in [-0.15, -0.1) is 0 Å². The molecule has 0 bridgehead atoms. The van der Waals surface area contributed by atoms with Gasteiger partial charge in [-0.2, -0.15) is 0 Å². The summed E-state index contributed by atoms with van der Waals surface area (Å²) in [6, 6.07) is 4.32. The Morgan fingerprint density at radius 2 is 1.72 bits per heavy atom. The number of aromatic amines is 1. The number of H-pyrrole nitrogens is 1. The highest BCUT2D eigenvalue weighted by Crippen LogP contribution is 2.25. The topological polar surface area (TPSA) is 135 Å². The summed E-state index contributed by atoms with van der Waals surface area (Å²) in [5.74, 6) is -2.87. The number of ether oxygens (including phenoxy) is 2. The summed E-state index contributed by atoms with van der Waals surface area (Å²) < 4.78 is 10.2. The first-order valence-corrected chi connectivity index (χ1v) is 9.84. The van der Waals surface area contributed by atoms with Gasteiger partial charge < -0.3 is 19.8 Å². The number of anilines is 1. The Hall–Kier alpha value is -3.95. The van der Waals surface area contributed by atoms with Crippen molar-refractivity contribution in [2.24, 2.45) is 0 Å². The Kier molecular flexibility index (Phi) is 6.15. The fourth-order valence-electron chi connectivity index (χ4n) is 3.37. The van der Waals surface area contributed by atoms with E-state index in [2.05, 4.69) is 10.3 Å². The van der Waals surface area contributed by atoms with Crippen LogP contribution in [0.3, 0.4) is 0 Å². The SMILES string of the molecule is Cc1[nH]c(C(=O)OCC(=O)Nc2ccc3c(c2)C(=O)N(C)C3=O)c(C)c1C(=O)OC(C)C. The van der Waals surface area contributed by atoms with Gasteiger partial charge in [0.25, 0.3) is 17.7 Å². The Morgan fingerprint density at radius 3 is 2.38 bits per heavy atom. The lowest BCUT2D eigenvalue weighted by Crippen LogP contribution is -2.24. The van der Waals surface area contributed by atoms with Crippen molar-refractivity contribution in [3.8, 4) is 0 Å². The predicted molar refractivity (Wildman–Crippen MR) is 113 cm³/mol. The molecule has 2 aromatic rings. The molecule has 3 rings (SSSR count). The fourth-order valence-corrected chi connectivity index (χ4v) is 3.37. The van der Waals surface area contributed by atoms with E-state index >= 15 is 0 Å². The van der Waals surface area contributed by atoms with E-state index in [1.165, 1.54) is 25.2 Å². The molecule has 0 saturated carbocycles. The Morgan fingerprint density at radius 1 is 1.06 bits per heavy atom. The van der Waals surface area contributed by atoms with Gasteiger partial charge in [0.05, 0.1) is 22.8 Å². The zero-order valence-electron chi connectivity index (χ0n) is 18.3. The molecule has 2 heterocycles. The molecule has 0 radical (unpaired) electrons. The van der Waals surface area contributed by atoms with E-state index in [-0.39, 0.29) is 34.2 Å². The number of benzene rings is 1. The number of hydrogen-bond donors (Lipinski definition) is 2. The van der Waals surface area contributed by atoms with Crippen LogP contribution in [0.4, 0.5) is 5.69 Å². The summed E-state index contributed by atoms with van der Waals surface area (Å²) in [5.41, 5.74) is 1.84. The Bertz CT molecular complexity index is 1150. The van der Waals surface area contributed by atoms with E-state index in [4.69, 9.17) is 9.47 Å². The lowest BCUT2D eigenvalue weighted by molar-refractivity contribution is -0.119. The lowest BCUT2D eigenvalue weighted by Gasteiger charge is -2.08. The van der Waals surface area contributed by atoms with Crippen LogP contribution in [0.1, 0.15) is 66.7 Å². The van der Waals surface area contributed by atoms with Crippen LogP contribution in [0, 0.1) is 13.8 Å². The third-order valence-electron chi connectivity index (χ3n) is 4.90. The van der Waals surface area contributed by atoms with E-state index in [9.17, 15) is 24.0 Å². The van der Waals surface area contributed by atoms with Crippen molar-refractivity contribution < 1.29 is 33.4 Å². The third kappa shape index (κ3) is 4.25. The van der Waals surface area contributed by atoms with Crippen LogP contribution >= 0.6 is 0 Å². The smallest absolute Gasteiger partial charge is 0.355 e. The van der Waals surface area contributed by atoms with Crippen LogP contribution in [0.2, 0.25) is 0 Å². The standard InChI is InChI=1S/C22H23N3O7/c1-10(2)32-21(29)17-11(3)18(23-12(17)4)22(30)31-9-16(26)24-13-6-7-14-15(8-13)20(28)25(5)19(14)27/h6-8,10,23H,9H2,1-5H3,(H,24,26).